The topological polar surface area (TPSA) is 42.4 Å². The molecule has 2 aromatic rings. The van der Waals surface area contributed by atoms with Crippen LogP contribution in [0.4, 0.5) is 0 Å². The van der Waals surface area contributed by atoms with E-state index in [-0.39, 0.29) is 17.1 Å². The molecule has 2 fully saturated rings. The van der Waals surface area contributed by atoms with Gasteiger partial charge in [-0.15, -0.1) is 0 Å². The van der Waals surface area contributed by atoms with Crippen LogP contribution in [0, 0.1) is 5.41 Å². The Labute approximate surface area is 199 Å². The summed E-state index contributed by atoms with van der Waals surface area (Å²) in [4.78, 5) is 5.29. The van der Waals surface area contributed by atoms with Crippen molar-refractivity contribution in [2.45, 2.75) is 115 Å². The van der Waals surface area contributed by atoms with E-state index in [2.05, 4.69) is 58.9 Å². The summed E-state index contributed by atoms with van der Waals surface area (Å²) in [5, 5.41) is 11.4. The molecule has 3 heteroatoms. The molecule has 2 heterocycles. The molecule has 33 heavy (non-hydrogen) atoms. The molecule has 1 aromatic heterocycles. The van der Waals surface area contributed by atoms with Crippen molar-refractivity contribution in [1.29, 1.82) is 0 Å². The summed E-state index contributed by atoms with van der Waals surface area (Å²) in [5.41, 5.74) is 8.87. The van der Waals surface area contributed by atoms with Crippen molar-refractivity contribution in [3.8, 4) is 0 Å². The fraction of sp³-hybridized carbons (Fsp3) is 0.633. The Morgan fingerprint density at radius 3 is 2.24 bits per heavy atom. The molecule has 1 aromatic carbocycles. The van der Waals surface area contributed by atoms with Gasteiger partial charge in [0.1, 0.15) is 6.10 Å². The standard InChI is InChI=1S/C30H39NO2/c1-18(2)26-24-25(23-21(31-26)16-28(3,4)17-22(23)32)30(12-6-7-13-30)33-27(24)19-8-10-20(11-9-19)29(5)14-15-29/h8-11,18,22,27,32H,6-7,12-17H2,1-5H3/t22?,27-/m1/s1. The first kappa shape index (κ1) is 21.8. The van der Waals surface area contributed by atoms with Crippen molar-refractivity contribution in [3.63, 3.8) is 0 Å². The van der Waals surface area contributed by atoms with Gasteiger partial charge in [-0.3, -0.25) is 4.98 Å². The second-order valence-electron chi connectivity index (χ2n) is 12.7. The van der Waals surface area contributed by atoms with Crippen LogP contribution in [0.1, 0.15) is 137 Å². The zero-order chi connectivity index (χ0) is 23.2. The van der Waals surface area contributed by atoms with Crippen LogP contribution in [0.3, 0.4) is 0 Å². The van der Waals surface area contributed by atoms with Crippen LogP contribution in [-0.2, 0) is 22.2 Å². The third-order valence-electron chi connectivity index (χ3n) is 9.04. The van der Waals surface area contributed by atoms with Gasteiger partial charge in [-0.05, 0) is 72.0 Å². The first-order chi connectivity index (χ1) is 15.6. The number of aliphatic hydroxyl groups is 1. The molecule has 1 aliphatic heterocycles. The number of hydrogen-bond acceptors (Lipinski definition) is 3. The lowest BCUT2D eigenvalue weighted by atomic mass is 9.70. The molecule has 3 nitrogen and oxygen atoms in total. The molecular formula is C30H39NO2. The van der Waals surface area contributed by atoms with Gasteiger partial charge in [0.25, 0.3) is 0 Å². The molecular weight excluding hydrogens is 406 g/mol. The van der Waals surface area contributed by atoms with Gasteiger partial charge in [-0.25, -0.2) is 0 Å². The molecule has 1 spiro atoms. The molecule has 0 bridgehead atoms. The summed E-state index contributed by atoms with van der Waals surface area (Å²) in [6.45, 7) is 11.4. The maximum Gasteiger partial charge on any atom is 0.111 e. The molecule has 0 amide bonds. The summed E-state index contributed by atoms with van der Waals surface area (Å²) in [7, 11) is 0. The number of aromatic nitrogens is 1. The van der Waals surface area contributed by atoms with Gasteiger partial charge >= 0.3 is 0 Å². The molecule has 6 rings (SSSR count). The Morgan fingerprint density at radius 2 is 1.64 bits per heavy atom. The number of aliphatic hydroxyl groups excluding tert-OH is 1. The largest absolute Gasteiger partial charge is 0.388 e. The Kier molecular flexibility index (Phi) is 4.72. The minimum atomic E-state index is -0.455. The summed E-state index contributed by atoms with van der Waals surface area (Å²) >= 11 is 0. The normalized spacial score (nSPS) is 28.2. The van der Waals surface area contributed by atoms with Crippen LogP contribution in [0.15, 0.2) is 24.3 Å². The fourth-order valence-electron chi connectivity index (χ4n) is 6.95. The lowest BCUT2D eigenvalue weighted by Gasteiger charge is -2.38. The summed E-state index contributed by atoms with van der Waals surface area (Å²) in [6.07, 6.45) is 8.26. The number of benzene rings is 1. The lowest BCUT2D eigenvalue weighted by Crippen LogP contribution is -2.32. The summed E-state index contributed by atoms with van der Waals surface area (Å²) in [6, 6.07) is 9.24. The van der Waals surface area contributed by atoms with E-state index in [0.29, 0.717) is 11.3 Å². The second kappa shape index (κ2) is 7.15. The Bertz CT molecular complexity index is 1090. The van der Waals surface area contributed by atoms with Gasteiger partial charge in [0.15, 0.2) is 0 Å². The maximum absolute atomic E-state index is 11.4. The Balaban J connectivity index is 1.55. The fourth-order valence-corrected chi connectivity index (χ4v) is 6.95. The third-order valence-corrected chi connectivity index (χ3v) is 9.04. The molecule has 0 radical (unpaired) electrons. The molecule has 2 saturated carbocycles. The molecule has 176 valence electrons. The number of hydrogen-bond donors (Lipinski definition) is 1. The highest BCUT2D eigenvalue weighted by atomic mass is 16.5. The SMILES string of the molecule is CC(C)c1nc2c(c3c1[C@@H](c1ccc(C4(C)CC4)cc1)OC31CCCC1)C(O)CC(C)(C)C2. The first-order valence-corrected chi connectivity index (χ1v) is 13.2. The molecule has 4 aliphatic rings. The van der Waals surface area contributed by atoms with E-state index in [1.165, 1.54) is 53.6 Å². The van der Waals surface area contributed by atoms with E-state index in [0.717, 1.165) is 36.9 Å². The maximum atomic E-state index is 11.4. The monoisotopic (exact) mass is 445 g/mol. The summed E-state index contributed by atoms with van der Waals surface area (Å²) in [5.74, 6) is 0.318. The van der Waals surface area contributed by atoms with Crippen molar-refractivity contribution in [3.05, 3.63) is 63.5 Å². The summed E-state index contributed by atoms with van der Waals surface area (Å²) < 4.78 is 7.11. The number of ether oxygens (including phenoxy) is 1. The van der Waals surface area contributed by atoms with Gasteiger partial charge in [-0.2, -0.15) is 0 Å². The zero-order valence-corrected chi connectivity index (χ0v) is 21.0. The predicted molar refractivity (Wildman–Crippen MR) is 131 cm³/mol. The van der Waals surface area contributed by atoms with Crippen molar-refractivity contribution in [2.75, 3.05) is 0 Å². The molecule has 1 N–H and O–H groups in total. The number of pyridine rings is 1. The second-order valence-corrected chi connectivity index (χ2v) is 12.7. The molecule has 0 saturated heterocycles. The average Bonchev–Trinajstić information content (AvgIpc) is 3.20. The average molecular weight is 446 g/mol. The van der Waals surface area contributed by atoms with Crippen LogP contribution in [-0.4, -0.2) is 10.1 Å². The minimum absolute atomic E-state index is 0.0678. The zero-order valence-electron chi connectivity index (χ0n) is 21.0. The van der Waals surface area contributed by atoms with E-state index in [1.54, 1.807) is 0 Å². The van der Waals surface area contributed by atoms with Crippen LogP contribution < -0.4 is 0 Å². The Morgan fingerprint density at radius 1 is 0.970 bits per heavy atom. The van der Waals surface area contributed by atoms with Gasteiger partial charge in [0.2, 0.25) is 0 Å². The highest BCUT2D eigenvalue weighted by Crippen LogP contribution is 2.59. The smallest absolute Gasteiger partial charge is 0.111 e. The highest BCUT2D eigenvalue weighted by molar-refractivity contribution is 5.54. The van der Waals surface area contributed by atoms with Crippen LogP contribution in [0.2, 0.25) is 0 Å². The number of rotatable bonds is 3. The number of nitrogens with zero attached hydrogens (tertiary/aromatic N) is 1. The van der Waals surface area contributed by atoms with Crippen molar-refractivity contribution in [2.24, 2.45) is 5.41 Å². The van der Waals surface area contributed by atoms with Crippen molar-refractivity contribution in [1.82, 2.24) is 4.98 Å². The predicted octanol–water partition coefficient (Wildman–Crippen LogP) is 7.15. The van der Waals surface area contributed by atoms with Crippen molar-refractivity contribution >= 4 is 0 Å². The first-order valence-electron chi connectivity index (χ1n) is 13.2. The highest BCUT2D eigenvalue weighted by Gasteiger charge is 2.52. The quantitative estimate of drug-likeness (QED) is 0.545. The van der Waals surface area contributed by atoms with Gasteiger partial charge in [-0.1, -0.05) is 71.7 Å². The minimum Gasteiger partial charge on any atom is -0.388 e. The van der Waals surface area contributed by atoms with Crippen molar-refractivity contribution < 1.29 is 9.84 Å². The molecule has 3 aliphatic carbocycles. The Hall–Kier alpha value is -1.71. The van der Waals surface area contributed by atoms with Crippen LogP contribution in [0.5, 0.6) is 0 Å². The lowest BCUT2D eigenvalue weighted by molar-refractivity contribution is -0.0580. The van der Waals surface area contributed by atoms with Crippen LogP contribution in [0.25, 0.3) is 0 Å². The third kappa shape index (κ3) is 3.33. The van der Waals surface area contributed by atoms with Gasteiger partial charge in [0, 0.05) is 22.5 Å². The van der Waals surface area contributed by atoms with E-state index in [4.69, 9.17) is 9.72 Å². The number of fused-ring (bicyclic) bond motifs is 4. The van der Waals surface area contributed by atoms with E-state index < -0.39 is 6.10 Å². The van der Waals surface area contributed by atoms with E-state index in [9.17, 15) is 5.11 Å². The van der Waals surface area contributed by atoms with E-state index >= 15 is 0 Å². The van der Waals surface area contributed by atoms with Gasteiger partial charge < -0.3 is 9.84 Å². The molecule has 1 unspecified atom stereocenters. The van der Waals surface area contributed by atoms with Gasteiger partial charge in [0.05, 0.1) is 11.7 Å². The molecule has 2 atom stereocenters. The van der Waals surface area contributed by atoms with E-state index in [1.807, 2.05) is 0 Å². The van der Waals surface area contributed by atoms with Crippen LogP contribution >= 0.6 is 0 Å².